The number of aromatic nitrogens is 2. The summed E-state index contributed by atoms with van der Waals surface area (Å²) >= 11 is 0. The molecular formula is C14H17N3. The van der Waals surface area contributed by atoms with Crippen LogP contribution in [-0.2, 0) is 5.41 Å². The molecule has 0 saturated heterocycles. The van der Waals surface area contributed by atoms with Crippen molar-refractivity contribution in [2.24, 2.45) is 5.73 Å². The Morgan fingerprint density at radius 2 is 2.06 bits per heavy atom. The molecule has 4 rings (SSSR count). The van der Waals surface area contributed by atoms with Crippen LogP contribution in [0.4, 0.5) is 0 Å². The van der Waals surface area contributed by atoms with Crippen LogP contribution in [0, 0.1) is 0 Å². The molecule has 2 saturated carbocycles. The molecule has 0 aliphatic heterocycles. The lowest BCUT2D eigenvalue weighted by Gasteiger charge is -2.14. The SMILES string of the molecule is NCC1(c2nc3ccccc3n2C2CC2)CC1. The number of fused-ring (bicyclic) bond motifs is 1. The van der Waals surface area contributed by atoms with Gasteiger partial charge in [0.15, 0.2) is 0 Å². The molecule has 0 unspecified atom stereocenters. The number of hydrogen-bond acceptors (Lipinski definition) is 2. The fourth-order valence-corrected chi connectivity index (χ4v) is 2.79. The van der Waals surface area contributed by atoms with Gasteiger partial charge in [-0.3, -0.25) is 0 Å². The minimum Gasteiger partial charge on any atom is -0.329 e. The molecule has 1 heterocycles. The predicted molar refractivity (Wildman–Crippen MR) is 68.0 cm³/mol. The Bertz CT molecular complexity index is 576. The Hall–Kier alpha value is -1.35. The number of nitrogens with two attached hydrogens (primary N) is 1. The zero-order valence-electron chi connectivity index (χ0n) is 9.89. The molecule has 3 nitrogen and oxygen atoms in total. The van der Waals surface area contributed by atoms with Crippen molar-refractivity contribution in [3.63, 3.8) is 0 Å². The van der Waals surface area contributed by atoms with Crippen molar-refractivity contribution in [2.75, 3.05) is 6.54 Å². The van der Waals surface area contributed by atoms with Gasteiger partial charge in [-0.05, 0) is 37.8 Å². The van der Waals surface area contributed by atoms with Crippen LogP contribution in [0.3, 0.4) is 0 Å². The molecule has 1 aromatic heterocycles. The first-order valence-electron chi connectivity index (χ1n) is 6.52. The predicted octanol–water partition coefficient (Wildman–Crippen LogP) is 2.36. The Kier molecular flexibility index (Phi) is 1.76. The van der Waals surface area contributed by atoms with Crippen LogP contribution in [0.25, 0.3) is 11.0 Å². The standard InChI is InChI=1S/C14H17N3/c15-9-14(7-8-14)13-16-11-3-1-2-4-12(11)17(13)10-5-6-10/h1-4,10H,5-9,15H2. The lowest BCUT2D eigenvalue weighted by Crippen LogP contribution is -2.24. The normalized spacial score (nSPS) is 21.9. The van der Waals surface area contributed by atoms with Crippen LogP contribution in [0.5, 0.6) is 0 Å². The van der Waals surface area contributed by atoms with Crippen LogP contribution in [0.1, 0.15) is 37.5 Å². The molecule has 0 radical (unpaired) electrons. The lowest BCUT2D eigenvalue weighted by atomic mass is 10.1. The summed E-state index contributed by atoms with van der Waals surface area (Å²) in [6, 6.07) is 9.16. The maximum Gasteiger partial charge on any atom is 0.117 e. The van der Waals surface area contributed by atoms with Crippen molar-refractivity contribution < 1.29 is 0 Å². The second-order valence-electron chi connectivity index (χ2n) is 5.51. The van der Waals surface area contributed by atoms with Crippen molar-refractivity contribution >= 4 is 11.0 Å². The van der Waals surface area contributed by atoms with Crippen molar-refractivity contribution in [3.05, 3.63) is 30.1 Å². The van der Waals surface area contributed by atoms with E-state index in [4.69, 9.17) is 10.7 Å². The van der Waals surface area contributed by atoms with Crippen molar-refractivity contribution in [2.45, 2.75) is 37.1 Å². The van der Waals surface area contributed by atoms with E-state index in [0.29, 0.717) is 6.04 Å². The van der Waals surface area contributed by atoms with E-state index in [0.717, 1.165) is 12.1 Å². The average Bonchev–Trinajstić information content (AvgIpc) is 3.27. The second-order valence-corrected chi connectivity index (χ2v) is 5.51. The van der Waals surface area contributed by atoms with E-state index in [1.54, 1.807) is 0 Å². The fourth-order valence-electron chi connectivity index (χ4n) is 2.79. The highest BCUT2D eigenvalue weighted by Crippen LogP contribution is 2.50. The van der Waals surface area contributed by atoms with Crippen LogP contribution in [-0.4, -0.2) is 16.1 Å². The summed E-state index contributed by atoms with van der Waals surface area (Å²) in [5, 5.41) is 0. The van der Waals surface area contributed by atoms with Crippen LogP contribution in [0.15, 0.2) is 24.3 Å². The highest BCUT2D eigenvalue weighted by atomic mass is 15.2. The number of benzene rings is 1. The van der Waals surface area contributed by atoms with Gasteiger partial charge in [0.25, 0.3) is 0 Å². The van der Waals surface area contributed by atoms with E-state index in [1.165, 1.54) is 37.0 Å². The summed E-state index contributed by atoms with van der Waals surface area (Å²) in [5.74, 6) is 1.25. The molecular weight excluding hydrogens is 210 g/mol. The van der Waals surface area contributed by atoms with Crippen LogP contribution < -0.4 is 5.73 Å². The number of hydrogen-bond donors (Lipinski definition) is 1. The third-order valence-corrected chi connectivity index (χ3v) is 4.23. The van der Waals surface area contributed by atoms with Gasteiger partial charge in [-0.1, -0.05) is 12.1 Å². The molecule has 2 aliphatic carbocycles. The summed E-state index contributed by atoms with van der Waals surface area (Å²) in [5.41, 5.74) is 8.58. The first kappa shape index (κ1) is 9.66. The largest absolute Gasteiger partial charge is 0.329 e. The molecule has 0 amide bonds. The third-order valence-electron chi connectivity index (χ3n) is 4.23. The van der Waals surface area contributed by atoms with Gasteiger partial charge in [-0.15, -0.1) is 0 Å². The lowest BCUT2D eigenvalue weighted by molar-refractivity contribution is 0.586. The Labute approximate surface area is 101 Å². The Morgan fingerprint density at radius 3 is 2.71 bits per heavy atom. The maximum absolute atomic E-state index is 5.96. The molecule has 2 aromatic rings. The van der Waals surface area contributed by atoms with Crippen molar-refractivity contribution in [1.29, 1.82) is 0 Å². The van der Waals surface area contributed by atoms with Gasteiger partial charge in [0.2, 0.25) is 0 Å². The summed E-state index contributed by atoms with van der Waals surface area (Å²) in [6.07, 6.45) is 5.01. The van der Waals surface area contributed by atoms with Crippen LogP contribution >= 0.6 is 0 Å². The first-order valence-corrected chi connectivity index (χ1v) is 6.52. The van der Waals surface area contributed by atoms with Gasteiger partial charge in [0.05, 0.1) is 11.0 Å². The molecule has 1 aromatic carbocycles. The molecule has 3 heteroatoms. The van der Waals surface area contributed by atoms with E-state index in [9.17, 15) is 0 Å². The maximum atomic E-state index is 5.96. The van der Waals surface area contributed by atoms with Crippen LogP contribution in [0.2, 0.25) is 0 Å². The molecule has 88 valence electrons. The van der Waals surface area contributed by atoms with Gasteiger partial charge >= 0.3 is 0 Å². The van der Waals surface area contributed by atoms with E-state index in [2.05, 4.69) is 28.8 Å². The van der Waals surface area contributed by atoms with Crippen molar-refractivity contribution in [3.8, 4) is 0 Å². The minimum atomic E-state index is 0.196. The smallest absolute Gasteiger partial charge is 0.117 e. The summed E-state index contributed by atoms with van der Waals surface area (Å²) in [6.45, 7) is 0.739. The molecule has 2 N–H and O–H groups in total. The highest BCUT2D eigenvalue weighted by molar-refractivity contribution is 5.76. The third kappa shape index (κ3) is 1.29. The number of rotatable bonds is 3. The number of nitrogens with zero attached hydrogens (tertiary/aromatic N) is 2. The second kappa shape index (κ2) is 3.10. The van der Waals surface area contributed by atoms with E-state index in [-0.39, 0.29) is 5.41 Å². The number of imidazole rings is 1. The molecule has 2 fully saturated rings. The van der Waals surface area contributed by atoms with Crippen molar-refractivity contribution in [1.82, 2.24) is 9.55 Å². The van der Waals surface area contributed by atoms with E-state index >= 15 is 0 Å². The molecule has 0 spiro atoms. The molecule has 2 aliphatic rings. The number of para-hydroxylation sites is 2. The summed E-state index contributed by atoms with van der Waals surface area (Å²) in [7, 11) is 0. The Balaban J connectivity index is 1.98. The van der Waals surface area contributed by atoms with Gasteiger partial charge in [0, 0.05) is 18.0 Å². The van der Waals surface area contributed by atoms with Gasteiger partial charge in [0.1, 0.15) is 5.82 Å². The molecule has 0 bridgehead atoms. The summed E-state index contributed by atoms with van der Waals surface area (Å²) < 4.78 is 2.47. The van der Waals surface area contributed by atoms with Gasteiger partial charge in [-0.25, -0.2) is 4.98 Å². The van der Waals surface area contributed by atoms with Gasteiger partial charge in [-0.2, -0.15) is 0 Å². The Morgan fingerprint density at radius 1 is 1.29 bits per heavy atom. The van der Waals surface area contributed by atoms with E-state index < -0.39 is 0 Å². The first-order chi connectivity index (χ1) is 8.34. The average molecular weight is 227 g/mol. The summed E-state index contributed by atoms with van der Waals surface area (Å²) in [4.78, 5) is 4.86. The quantitative estimate of drug-likeness (QED) is 0.874. The monoisotopic (exact) mass is 227 g/mol. The zero-order valence-corrected chi connectivity index (χ0v) is 9.89. The van der Waals surface area contributed by atoms with Gasteiger partial charge < -0.3 is 10.3 Å². The molecule has 17 heavy (non-hydrogen) atoms. The topological polar surface area (TPSA) is 43.8 Å². The van der Waals surface area contributed by atoms with E-state index in [1.807, 2.05) is 0 Å². The highest BCUT2D eigenvalue weighted by Gasteiger charge is 2.48. The fraction of sp³-hybridized carbons (Fsp3) is 0.500. The molecule has 0 atom stereocenters. The minimum absolute atomic E-state index is 0.196. The zero-order chi connectivity index (χ0) is 11.5.